The van der Waals surface area contributed by atoms with Crippen molar-refractivity contribution in [1.82, 2.24) is 9.55 Å². The summed E-state index contributed by atoms with van der Waals surface area (Å²) >= 11 is 0. The molecule has 0 spiro atoms. The highest BCUT2D eigenvalue weighted by molar-refractivity contribution is 5.81. The van der Waals surface area contributed by atoms with E-state index < -0.39 is 12.0 Å². The minimum absolute atomic E-state index is 0.424. The lowest BCUT2D eigenvalue weighted by Gasteiger charge is -2.22. The molecule has 1 unspecified atom stereocenters. The van der Waals surface area contributed by atoms with Crippen LogP contribution in [0.15, 0.2) is 24.5 Å². The molecule has 0 saturated heterocycles. The summed E-state index contributed by atoms with van der Waals surface area (Å²) in [5.74, 6) is 0. The molecular weight excluding hydrogens is 212 g/mol. The van der Waals surface area contributed by atoms with Crippen LogP contribution >= 0.6 is 0 Å². The smallest absolute Gasteiger partial charge is 0.260 e. The van der Waals surface area contributed by atoms with Gasteiger partial charge in [-0.15, -0.1) is 0 Å². The minimum Gasteiger partial charge on any atom is -0.335 e. The molecule has 0 amide bonds. The van der Waals surface area contributed by atoms with Crippen molar-refractivity contribution in [2.45, 2.75) is 18.9 Å². The molecule has 0 fully saturated rings. The maximum atomic E-state index is 12.9. The molecule has 0 aliphatic heterocycles. The number of rotatable bonds is 2. The zero-order chi connectivity index (χ0) is 11.9. The first kappa shape index (κ1) is 11.0. The van der Waals surface area contributed by atoms with Crippen molar-refractivity contribution in [2.24, 2.45) is 12.8 Å². The molecule has 2 heterocycles. The summed E-state index contributed by atoms with van der Waals surface area (Å²) in [5.41, 5.74) is 5.10. The second-order valence-corrected chi connectivity index (χ2v) is 4.11. The van der Waals surface area contributed by atoms with Crippen LogP contribution in [-0.2, 0) is 12.6 Å². The molecule has 86 valence electrons. The summed E-state index contributed by atoms with van der Waals surface area (Å²) in [7, 11) is 1.76. The quantitative estimate of drug-likeness (QED) is 0.849. The van der Waals surface area contributed by atoms with Gasteiger partial charge >= 0.3 is 0 Å². The predicted molar refractivity (Wildman–Crippen MR) is 58.3 cm³/mol. The van der Waals surface area contributed by atoms with Crippen molar-refractivity contribution in [3.63, 3.8) is 0 Å². The molecule has 0 bridgehead atoms. The third-order valence-corrected chi connectivity index (χ3v) is 2.77. The third kappa shape index (κ3) is 1.48. The molecule has 2 rings (SSSR count). The van der Waals surface area contributed by atoms with Gasteiger partial charge in [-0.05, 0) is 19.1 Å². The van der Waals surface area contributed by atoms with E-state index in [9.17, 15) is 8.78 Å². The Balaban J connectivity index is 2.71. The number of hydrogen-bond donors (Lipinski definition) is 1. The lowest BCUT2D eigenvalue weighted by molar-refractivity contribution is 0.0632. The van der Waals surface area contributed by atoms with Crippen LogP contribution < -0.4 is 5.73 Å². The van der Waals surface area contributed by atoms with Gasteiger partial charge in [-0.2, -0.15) is 0 Å². The number of pyridine rings is 1. The van der Waals surface area contributed by atoms with Gasteiger partial charge in [0.25, 0.3) is 6.43 Å². The number of alkyl halides is 2. The number of hydrogen-bond acceptors (Lipinski definition) is 2. The average Bonchev–Trinajstić information content (AvgIpc) is 2.57. The molecule has 0 aliphatic rings. The van der Waals surface area contributed by atoms with E-state index in [2.05, 4.69) is 4.98 Å². The molecular formula is C11H13F2N3. The molecule has 1 atom stereocenters. The topological polar surface area (TPSA) is 43.8 Å². The number of fused-ring (bicyclic) bond motifs is 1. The van der Waals surface area contributed by atoms with Crippen molar-refractivity contribution >= 4 is 11.0 Å². The Morgan fingerprint density at radius 3 is 2.81 bits per heavy atom. The Kier molecular flexibility index (Phi) is 2.42. The van der Waals surface area contributed by atoms with Crippen LogP contribution in [0.1, 0.15) is 12.5 Å². The van der Waals surface area contributed by atoms with Crippen LogP contribution in [0.3, 0.4) is 0 Å². The fraction of sp³-hybridized carbons (Fsp3) is 0.364. The lowest BCUT2D eigenvalue weighted by Crippen LogP contribution is -2.40. The number of aromatic nitrogens is 2. The monoisotopic (exact) mass is 225 g/mol. The van der Waals surface area contributed by atoms with Gasteiger partial charge in [-0.25, -0.2) is 13.8 Å². The van der Waals surface area contributed by atoms with Gasteiger partial charge in [0, 0.05) is 30.4 Å². The van der Waals surface area contributed by atoms with E-state index in [1.807, 2.05) is 0 Å². The first-order valence-electron chi connectivity index (χ1n) is 4.92. The zero-order valence-corrected chi connectivity index (χ0v) is 9.11. The standard InChI is InChI=1S/C11H13F2N3/c1-11(14,10(12)13)8-6-16(2)9-7(8)4-3-5-15-9/h3-6,10H,14H2,1-2H3. The summed E-state index contributed by atoms with van der Waals surface area (Å²) in [6, 6.07) is 3.47. The van der Waals surface area contributed by atoms with Crippen molar-refractivity contribution in [2.75, 3.05) is 0 Å². The van der Waals surface area contributed by atoms with Gasteiger partial charge < -0.3 is 10.3 Å². The highest BCUT2D eigenvalue weighted by Gasteiger charge is 2.35. The molecule has 2 aromatic heterocycles. The van der Waals surface area contributed by atoms with Crippen LogP contribution in [0.5, 0.6) is 0 Å². The van der Waals surface area contributed by atoms with Crippen LogP contribution in [0.4, 0.5) is 8.78 Å². The van der Waals surface area contributed by atoms with E-state index in [0.29, 0.717) is 16.6 Å². The Bertz CT molecular complexity index is 517. The average molecular weight is 225 g/mol. The predicted octanol–water partition coefficient (Wildman–Crippen LogP) is 2.01. The molecule has 3 nitrogen and oxygen atoms in total. The van der Waals surface area contributed by atoms with Crippen LogP contribution in [0.2, 0.25) is 0 Å². The van der Waals surface area contributed by atoms with Crippen molar-refractivity contribution in [3.05, 3.63) is 30.1 Å². The Hall–Kier alpha value is -1.49. The van der Waals surface area contributed by atoms with Crippen molar-refractivity contribution < 1.29 is 8.78 Å². The summed E-state index contributed by atoms with van der Waals surface area (Å²) in [5, 5.41) is 0.676. The van der Waals surface area contributed by atoms with Crippen molar-refractivity contribution in [1.29, 1.82) is 0 Å². The van der Waals surface area contributed by atoms with Crippen LogP contribution in [0.25, 0.3) is 11.0 Å². The molecule has 16 heavy (non-hydrogen) atoms. The van der Waals surface area contributed by atoms with E-state index in [-0.39, 0.29) is 0 Å². The molecule has 2 aromatic rings. The van der Waals surface area contributed by atoms with E-state index in [1.54, 1.807) is 36.1 Å². The second kappa shape index (κ2) is 3.52. The lowest BCUT2D eigenvalue weighted by atomic mass is 9.94. The summed E-state index contributed by atoms with van der Waals surface area (Å²) in [6.07, 6.45) is 0.630. The fourth-order valence-electron chi connectivity index (χ4n) is 1.76. The first-order chi connectivity index (χ1) is 7.44. The Morgan fingerprint density at radius 2 is 2.19 bits per heavy atom. The largest absolute Gasteiger partial charge is 0.335 e. The number of aryl methyl sites for hydroxylation is 1. The van der Waals surface area contributed by atoms with Crippen LogP contribution in [0, 0.1) is 0 Å². The Labute approximate surface area is 91.9 Å². The minimum atomic E-state index is -2.61. The molecule has 0 saturated carbocycles. The fourth-order valence-corrected chi connectivity index (χ4v) is 1.76. The van der Waals surface area contributed by atoms with Gasteiger partial charge in [0.2, 0.25) is 0 Å². The third-order valence-electron chi connectivity index (χ3n) is 2.77. The number of nitrogens with zero attached hydrogens (tertiary/aromatic N) is 2. The molecule has 2 N–H and O–H groups in total. The van der Waals surface area contributed by atoms with E-state index in [4.69, 9.17) is 5.73 Å². The zero-order valence-electron chi connectivity index (χ0n) is 9.11. The SMILES string of the molecule is Cn1cc(C(C)(N)C(F)F)c2cccnc21. The number of halogens is 2. The van der Waals surface area contributed by atoms with Gasteiger partial charge in [-0.1, -0.05) is 0 Å². The van der Waals surface area contributed by atoms with Gasteiger partial charge in [-0.3, -0.25) is 0 Å². The Morgan fingerprint density at radius 1 is 1.50 bits per heavy atom. The van der Waals surface area contributed by atoms with Gasteiger partial charge in [0.15, 0.2) is 0 Å². The number of nitrogens with two attached hydrogens (primary N) is 1. The van der Waals surface area contributed by atoms with Crippen LogP contribution in [-0.4, -0.2) is 16.0 Å². The summed E-state index contributed by atoms with van der Waals surface area (Å²) in [4.78, 5) is 4.14. The molecule has 0 aliphatic carbocycles. The van der Waals surface area contributed by atoms with E-state index >= 15 is 0 Å². The molecule has 0 radical (unpaired) electrons. The van der Waals surface area contributed by atoms with Crippen molar-refractivity contribution in [3.8, 4) is 0 Å². The maximum absolute atomic E-state index is 12.9. The highest BCUT2D eigenvalue weighted by Crippen LogP contribution is 2.31. The van der Waals surface area contributed by atoms with E-state index in [1.165, 1.54) is 6.92 Å². The normalized spacial score (nSPS) is 15.6. The maximum Gasteiger partial charge on any atom is 0.260 e. The van der Waals surface area contributed by atoms with Gasteiger partial charge in [0.05, 0.1) is 0 Å². The summed E-state index contributed by atoms with van der Waals surface area (Å²) in [6.45, 7) is 1.33. The summed E-state index contributed by atoms with van der Waals surface area (Å²) < 4.78 is 27.5. The molecule has 5 heteroatoms. The first-order valence-corrected chi connectivity index (χ1v) is 4.92. The van der Waals surface area contributed by atoms with E-state index in [0.717, 1.165) is 0 Å². The second-order valence-electron chi connectivity index (χ2n) is 4.11. The van der Waals surface area contributed by atoms with Gasteiger partial charge in [0.1, 0.15) is 11.2 Å². The highest BCUT2D eigenvalue weighted by atomic mass is 19.3. The molecule has 0 aromatic carbocycles.